The Kier molecular flexibility index (Phi) is 6.74. The van der Waals surface area contributed by atoms with Gasteiger partial charge in [-0.15, -0.1) is 0 Å². The van der Waals surface area contributed by atoms with Crippen LogP contribution >= 0.6 is 0 Å². The number of sulfonamides is 1. The smallest absolute Gasteiger partial charge is 0.320 e. The van der Waals surface area contributed by atoms with Gasteiger partial charge in [0.25, 0.3) is 0 Å². The van der Waals surface area contributed by atoms with Crippen molar-refractivity contribution in [2.24, 2.45) is 5.73 Å². The van der Waals surface area contributed by atoms with Crippen LogP contribution in [0.15, 0.2) is 0 Å². The highest BCUT2D eigenvalue weighted by Gasteiger charge is 2.11. The molecule has 0 bridgehead atoms. The molecule has 4 N–H and O–H groups in total. The van der Waals surface area contributed by atoms with E-state index >= 15 is 0 Å². The second kappa shape index (κ2) is 7.23. The predicted molar refractivity (Wildman–Crippen MR) is 61.7 cm³/mol. The van der Waals surface area contributed by atoms with E-state index in [1.54, 1.807) is 0 Å². The molecule has 0 aliphatic carbocycles. The van der Waals surface area contributed by atoms with Gasteiger partial charge in [0.1, 0.15) is 6.04 Å². The lowest BCUT2D eigenvalue weighted by Crippen LogP contribution is -2.30. The predicted octanol–water partition coefficient (Wildman–Crippen LogP) is -0.575. The first-order valence-electron chi connectivity index (χ1n) is 5.21. The Morgan fingerprint density at radius 2 is 1.88 bits per heavy atom. The normalized spacial score (nSPS) is 13.1. The van der Waals surface area contributed by atoms with Gasteiger partial charge < -0.3 is 10.8 Å². The number of amides is 1. The first kappa shape index (κ1) is 15.9. The van der Waals surface area contributed by atoms with Crippen LogP contribution < -0.4 is 10.5 Å². The molecule has 0 aromatic carbocycles. The standard InChI is InChI=1S/C9H18N2O5S/c1-17(15,16)11-8(12)6-4-2-3-5-7(10)9(13)14/h7H,2-6,10H2,1H3,(H,11,12)(H,13,14). The topological polar surface area (TPSA) is 127 Å². The minimum Gasteiger partial charge on any atom is -0.480 e. The molecule has 0 fully saturated rings. The number of hydrogen-bond donors (Lipinski definition) is 3. The van der Waals surface area contributed by atoms with Gasteiger partial charge in [-0.3, -0.25) is 14.3 Å². The molecule has 0 spiro atoms. The van der Waals surface area contributed by atoms with Crippen LogP contribution in [0.4, 0.5) is 0 Å². The molecule has 0 aromatic heterocycles. The van der Waals surface area contributed by atoms with Crippen LogP contribution in [0.5, 0.6) is 0 Å². The molecule has 1 unspecified atom stereocenters. The number of carboxylic acids is 1. The maximum absolute atomic E-state index is 11.1. The molecule has 0 rings (SSSR count). The van der Waals surface area contributed by atoms with Crippen molar-refractivity contribution in [2.45, 2.75) is 38.1 Å². The lowest BCUT2D eigenvalue weighted by atomic mass is 10.1. The maximum Gasteiger partial charge on any atom is 0.320 e. The van der Waals surface area contributed by atoms with Crippen LogP contribution in [0, 0.1) is 0 Å². The zero-order valence-electron chi connectivity index (χ0n) is 9.68. The van der Waals surface area contributed by atoms with E-state index in [9.17, 15) is 18.0 Å². The summed E-state index contributed by atoms with van der Waals surface area (Å²) in [5.74, 6) is -1.59. The van der Waals surface area contributed by atoms with Gasteiger partial charge >= 0.3 is 5.97 Å². The van der Waals surface area contributed by atoms with Gasteiger partial charge in [0.2, 0.25) is 15.9 Å². The van der Waals surface area contributed by atoms with E-state index in [1.165, 1.54) is 0 Å². The molecule has 8 heteroatoms. The van der Waals surface area contributed by atoms with E-state index in [0.717, 1.165) is 6.26 Å². The van der Waals surface area contributed by atoms with Gasteiger partial charge in [-0.1, -0.05) is 12.8 Å². The number of nitrogens with two attached hydrogens (primary N) is 1. The number of rotatable bonds is 8. The van der Waals surface area contributed by atoms with Gasteiger partial charge in [0.05, 0.1) is 6.26 Å². The Hall–Kier alpha value is -1.15. The molecule has 0 aromatic rings. The van der Waals surface area contributed by atoms with Crippen molar-refractivity contribution < 1.29 is 23.1 Å². The van der Waals surface area contributed by atoms with Crippen LogP contribution in [0.3, 0.4) is 0 Å². The molecule has 0 radical (unpaired) electrons. The summed E-state index contributed by atoms with van der Waals surface area (Å²) < 4.78 is 23.2. The maximum atomic E-state index is 11.1. The zero-order valence-corrected chi connectivity index (χ0v) is 10.5. The number of nitrogens with one attached hydrogen (secondary N) is 1. The average molecular weight is 266 g/mol. The fourth-order valence-electron chi connectivity index (χ4n) is 1.21. The van der Waals surface area contributed by atoms with E-state index in [1.807, 2.05) is 4.72 Å². The van der Waals surface area contributed by atoms with Gasteiger partial charge in [-0.25, -0.2) is 8.42 Å². The van der Waals surface area contributed by atoms with Crippen molar-refractivity contribution in [1.82, 2.24) is 4.72 Å². The second-order valence-electron chi connectivity index (χ2n) is 3.84. The quantitative estimate of drug-likeness (QED) is 0.505. The molecule has 100 valence electrons. The minimum atomic E-state index is -3.49. The van der Waals surface area contributed by atoms with E-state index < -0.39 is 27.9 Å². The molecule has 7 nitrogen and oxygen atoms in total. The van der Waals surface area contributed by atoms with E-state index in [0.29, 0.717) is 25.7 Å². The molecular formula is C9H18N2O5S. The Bertz CT molecular complexity index is 366. The first-order valence-corrected chi connectivity index (χ1v) is 7.10. The minimum absolute atomic E-state index is 0.107. The largest absolute Gasteiger partial charge is 0.480 e. The third-order valence-corrected chi connectivity index (χ3v) is 2.63. The number of hydrogen-bond acceptors (Lipinski definition) is 5. The molecule has 0 saturated carbocycles. The molecule has 0 aliphatic rings. The fourth-order valence-corrected chi connectivity index (χ4v) is 1.72. The highest BCUT2D eigenvalue weighted by molar-refractivity contribution is 7.89. The summed E-state index contributed by atoms with van der Waals surface area (Å²) in [6, 6.07) is -0.875. The van der Waals surface area contributed by atoms with E-state index in [-0.39, 0.29) is 6.42 Å². The number of unbranched alkanes of at least 4 members (excludes halogenated alkanes) is 2. The zero-order chi connectivity index (χ0) is 13.5. The van der Waals surface area contributed by atoms with Crippen LogP contribution in [-0.2, 0) is 19.6 Å². The molecular weight excluding hydrogens is 248 g/mol. The third-order valence-electron chi connectivity index (χ3n) is 2.04. The molecule has 1 atom stereocenters. The van der Waals surface area contributed by atoms with Crippen molar-refractivity contribution in [2.75, 3.05) is 6.26 Å². The lowest BCUT2D eigenvalue weighted by molar-refractivity contribution is -0.138. The number of carboxylic acid groups (broad SMARTS) is 1. The van der Waals surface area contributed by atoms with Gasteiger partial charge in [-0.2, -0.15) is 0 Å². The molecule has 0 saturated heterocycles. The Balaban J connectivity index is 3.59. The van der Waals surface area contributed by atoms with Crippen LogP contribution in [-0.4, -0.2) is 37.7 Å². The van der Waals surface area contributed by atoms with Crippen LogP contribution in [0.2, 0.25) is 0 Å². The second-order valence-corrected chi connectivity index (χ2v) is 5.59. The number of carbonyl (C=O) groups is 2. The average Bonchev–Trinajstić information content (AvgIpc) is 2.13. The van der Waals surface area contributed by atoms with Gasteiger partial charge in [0, 0.05) is 6.42 Å². The highest BCUT2D eigenvalue weighted by Crippen LogP contribution is 2.05. The molecule has 17 heavy (non-hydrogen) atoms. The fraction of sp³-hybridized carbons (Fsp3) is 0.778. The SMILES string of the molecule is CS(=O)(=O)NC(=O)CCCCCC(N)C(=O)O. The Labute approximate surface area is 100 Å². The van der Waals surface area contributed by atoms with Crippen molar-refractivity contribution in [3.8, 4) is 0 Å². The number of aliphatic carboxylic acids is 1. The summed E-state index contributed by atoms with van der Waals surface area (Å²) in [5, 5.41) is 8.50. The van der Waals surface area contributed by atoms with Crippen molar-refractivity contribution in [1.29, 1.82) is 0 Å². The summed E-state index contributed by atoms with van der Waals surface area (Å²) in [6.45, 7) is 0. The van der Waals surface area contributed by atoms with Crippen LogP contribution in [0.1, 0.15) is 32.1 Å². The lowest BCUT2D eigenvalue weighted by Gasteiger charge is -2.05. The van der Waals surface area contributed by atoms with E-state index in [4.69, 9.17) is 10.8 Å². The monoisotopic (exact) mass is 266 g/mol. The van der Waals surface area contributed by atoms with E-state index in [2.05, 4.69) is 0 Å². The Morgan fingerprint density at radius 1 is 1.29 bits per heavy atom. The molecule has 1 amide bonds. The summed E-state index contributed by atoms with van der Waals surface area (Å²) in [5.41, 5.74) is 5.28. The van der Waals surface area contributed by atoms with Crippen molar-refractivity contribution >= 4 is 21.9 Å². The molecule has 0 heterocycles. The highest BCUT2D eigenvalue weighted by atomic mass is 32.2. The first-order chi connectivity index (χ1) is 7.72. The summed E-state index contributed by atoms with van der Waals surface area (Å²) >= 11 is 0. The summed E-state index contributed by atoms with van der Waals surface area (Å²) in [4.78, 5) is 21.4. The summed E-state index contributed by atoms with van der Waals surface area (Å²) in [6.07, 6.45) is 3.11. The summed E-state index contributed by atoms with van der Waals surface area (Å²) in [7, 11) is -3.49. The van der Waals surface area contributed by atoms with Gasteiger partial charge in [0.15, 0.2) is 0 Å². The third kappa shape index (κ3) is 9.76. The van der Waals surface area contributed by atoms with Crippen molar-refractivity contribution in [3.63, 3.8) is 0 Å². The van der Waals surface area contributed by atoms with Crippen LogP contribution in [0.25, 0.3) is 0 Å². The Morgan fingerprint density at radius 3 is 2.35 bits per heavy atom. The molecule has 0 aliphatic heterocycles. The number of carbonyl (C=O) groups excluding carboxylic acids is 1. The van der Waals surface area contributed by atoms with Crippen molar-refractivity contribution in [3.05, 3.63) is 0 Å². The van der Waals surface area contributed by atoms with Gasteiger partial charge in [-0.05, 0) is 12.8 Å².